The average molecular weight is 647 g/mol. The van der Waals surface area contributed by atoms with Crippen molar-refractivity contribution in [2.45, 2.75) is 19.3 Å². The van der Waals surface area contributed by atoms with Crippen molar-refractivity contribution in [3.8, 4) is 23.5 Å². The normalized spacial score (nSPS) is 10.7. The van der Waals surface area contributed by atoms with Gasteiger partial charge in [0.1, 0.15) is 5.75 Å². The number of nitriles is 1. The molecule has 10 nitrogen and oxygen atoms in total. The van der Waals surface area contributed by atoms with E-state index in [2.05, 4.69) is 27.4 Å². The Bertz CT molecular complexity index is 1440. The molecule has 0 aliphatic carbocycles. The van der Waals surface area contributed by atoms with E-state index in [1.165, 1.54) is 21.5 Å². The van der Waals surface area contributed by atoms with Gasteiger partial charge in [-0.1, -0.05) is 18.8 Å². The van der Waals surface area contributed by atoms with Crippen LogP contribution in [0, 0.1) is 30.3 Å². The standard InChI is InChI=1S/C24H21N9O.Pt/c1-24(2,20-13-18(34-6)14-23(28-20)33-10-8-21(26-3)30-33)19-11-17(31(4)5)12-22(27-19)32-9-7-16(15-25)29-32;/h7-8,11-14H,1-2,4-6H3;/q-2;+2. The van der Waals surface area contributed by atoms with E-state index in [9.17, 15) is 0 Å². The van der Waals surface area contributed by atoms with Gasteiger partial charge in [0, 0.05) is 42.7 Å². The number of anilines is 1. The Kier molecular flexibility index (Phi) is 7.38. The fourth-order valence-electron chi connectivity index (χ4n) is 3.27. The van der Waals surface area contributed by atoms with E-state index in [4.69, 9.17) is 26.5 Å². The Labute approximate surface area is 217 Å². The molecule has 4 aromatic rings. The van der Waals surface area contributed by atoms with Gasteiger partial charge in [0.25, 0.3) is 0 Å². The third-order valence-corrected chi connectivity index (χ3v) is 5.33. The van der Waals surface area contributed by atoms with Crippen LogP contribution in [0.4, 0.5) is 11.5 Å². The summed E-state index contributed by atoms with van der Waals surface area (Å²) in [6.45, 7) is 11.2. The summed E-state index contributed by atoms with van der Waals surface area (Å²) in [5.74, 6) is 1.81. The molecule has 4 aromatic heterocycles. The van der Waals surface area contributed by atoms with Gasteiger partial charge in [0.15, 0.2) is 0 Å². The van der Waals surface area contributed by atoms with Gasteiger partial charge in [-0.25, -0.2) is 15.0 Å². The third kappa shape index (κ3) is 5.08. The number of nitrogens with zero attached hydrogens (tertiary/aromatic N) is 9. The second kappa shape index (κ2) is 10.1. The molecule has 0 amide bonds. The minimum Gasteiger partial charge on any atom is -0.498 e. The molecule has 4 rings (SSSR count). The molecule has 11 heteroatoms. The molecule has 0 fully saturated rings. The number of aromatic nitrogens is 6. The fraction of sp³-hybridized carbons (Fsp3) is 0.250. The Morgan fingerprint density at radius 3 is 2.23 bits per heavy atom. The number of pyridine rings is 2. The third-order valence-electron chi connectivity index (χ3n) is 5.33. The van der Waals surface area contributed by atoms with Gasteiger partial charge in [0.2, 0.25) is 0 Å². The molecule has 0 radical (unpaired) electrons. The zero-order chi connectivity index (χ0) is 24.5. The first-order valence-corrected chi connectivity index (χ1v) is 10.3. The molecular formula is C24H21N9OPt. The van der Waals surface area contributed by atoms with Gasteiger partial charge in [0.05, 0.1) is 30.5 Å². The smallest absolute Gasteiger partial charge is 0.498 e. The van der Waals surface area contributed by atoms with Crippen LogP contribution in [0.3, 0.4) is 0 Å². The van der Waals surface area contributed by atoms with Crippen LogP contribution in [0.1, 0.15) is 30.9 Å². The van der Waals surface area contributed by atoms with E-state index in [1.807, 2.05) is 57.1 Å². The van der Waals surface area contributed by atoms with Crippen molar-refractivity contribution in [2.24, 2.45) is 0 Å². The molecule has 0 N–H and O–H groups in total. The van der Waals surface area contributed by atoms with Gasteiger partial charge in [-0.3, -0.25) is 9.97 Å². The maximum absolute atomic E-state index is 9.14. The van der Waals surface area contributed by atoms with Crippen LogP contribution in [-0.2, 0) is 26.5 Å². The molecule has 0 unspecified atom stereocenters. The number of rotatable bonds is 6. The Morgan fingerprint density at radius 2 is 1.66 bits per heavy atom. The molecule has 0 aliphatic rings. The summed E-state index contributed by atoms with van der Waals surface area (Å²) in [6.07, 6.45) is 5.86. The van der Waals surface area contributed by atoms with Crippen LogP contribution in [0.2, 0.25) is 0 Å². The minimum atomic E-state index is -0.662. The second-order valence-electron chi connectivity index (χ2n) is 8.18. The fourth-order valence-corrected chi connectivity index (χ4v) is 3.27. The molecule has 4 heterocycles. The zero-order valence-corrected chi connectivity index (χ0v) is 22.0. The van der Waals surface area contributed by atoms with Crippen molar-refractivity contribution in [3.05, 3.63) is 77.3 Å². The van der Waals surface area contributed by atoms with Gasteiger partial charge < -0.3 is 19.2 Å². The molecule has 0 bridgehead atoms. The van der Waals surface area contributed by atoms with E-state index in [1.54, 1.807) is 13.2 Å². The SMILES string of the molecule is [C-]#[N+]c1c[c-]n(-c2cc(OC)cc(C(C)(C)c3cc(N(C)C)cc(-n4[c-]cc(C#N)n4)n3)n2)n1.[Pt+2]. The first-order chi connectivity index (χ1) is 16.2. The Balaban J connectivity index is 0.00000342. The number of hydrogen-bond donors (Lipinski definition) is 0. The predicted octanol–water partition coefficient (Wildman–Crippen LogP) is 3.27. The maximum atomic E-state index is 9.14. The average Bonchev–Trinajstić information content (AvgIpc) is 3.53. The van der Waals surface area contributed by atoms with Crippen LogP contribution in [0.5, 0.6) is 5.75 Å². The molecule has 0 saturated heterocycles. The van der Waals surface area contributed by atoms with Crippen molar-refractivity contribution in [2.75, 3.05) is 26.1 Å². The molecule has 0 atom stereocenters. The van der Waals surface area contributed by atoms with Gasteiger partial charge >= 0.3 is 26.9 Å². The van der Waals surface area contributed by atoms with E-state index < -0.39 is 5.41 Å². The summed E-state index contributed by atoms with van der Waals surface area (Å²) >= 11 is 0. The van der Waals surface area contributed by atoms with Crippen molar-refractivity contribution in [1.82, 2.24) is 29.5 Å². The number of methoxy groups -OCH3 is 1. The van der Waals surface area contributed by atoms with E-state index in [0.29, 0.717) is 23.1 Å². The van der Waals surface area contributed by atoms with E-state index in [-0.39, 0.29) is 32.6 Å². The molecule has 0 aromatic carbocycles. The predicted molar refractivity (Wildman–Crippen MR) is 124 cm³/mol. The summed E-state index contributed by atoms with van der Waals surface area (Å²) in [5.41, 5.74) is 1.91. The quantitative estimate of drug-likeness (QED) is 0.297. The first-order valence-electron chi connectivity index (χ1n) is 10.3. The minimum absolute atomic E-state index is 0. The zero-order valence-electron chi connectivity index (χ0n) is 19.7. The molecule has 178 valence electrons. The van der Waals surface area contributed by atoms with Crippen LogP contribution in [0.15, 0.2) is 36.4 Å². The monoisotopic (exact) mass is 646 g/mol. The molecule has 0 aliphatic heterocycles. The van der Waals surface area contributed by atoms with Crippen LogP contribution in [0.25, 0.3) is 16.5 Å². The molecule has 35 heavy (non-hydrogen) atoms. The maximum Gasteiger partial charge on any atom is 2.00 e. The summed E-state index contributed by atoms with van der Waals surface area (Å²) in [4.78, 5) is 14.9. The summed E-state index contributed by atoms with van der Waals surface area (Å²) in [5, 5.41) is 17.6. The molecule has 0 saturated carbocycles. The largest absolute Gasteiger partial charge is 2.00 e. The van der Waals surface area contributed by atoms with E-state index in [0.717, 1.165) is 11.4 Å². The first kappa shape index (κ1) is 25.6. The van der Waals surface area contributed by atoms with Crippen LogP contribution >= 0.6 is 0 Å². The summed E-state index contributed by atoms with van der Waals surface area (Å²) in [6, 6.07) is 12.5. The van der Waals surface area contributed by atoms with Crippen molar-refractivity contribution < 1.29 is 25.8 Å². The van der Waals surface area contributed by atoms with Gasteiger partial charge in [-0.15, -0.1) is 6.07 Å². The van der Waals surface area contributed by atoms with Gasteiger partial charge in [-0.05, 0) is 43.3 Å². The topological polar surface area (TPSA) is 102 Å². The molecular weight excluding hydrogens is 625 g/mol. The summed E-state index contributed by atoms with van der Waals surface area (Å²) in [7, 11) is 5.46. The Hall–Kier alpha value is -4.01. The van der Waals surface area contributed by atoms with Crippen molar-refractivity contribution in [1.29, 1.82) is 5.26 Å². The number of ether oxygens (including phenoxy) is 1. The number of hydrogen-bond acceptors (Lipinski definition) is 7. The van der Waals surface area contributed by atoms with Gasteiger partial charge in [-0.2, -0.15) is 0 Å². The van der Waals surface area contributed by atoms with Crippen LogP contribution in [-0.4, -0.2) is 50.7 Å². The van der Waals surface area contributed by atoms with E-state index >= 15 is 0 Å². The van der Waals surface area contributed by atoms with Crippen molar-refractivity contribution >= 4 is 11.5 Å². The summed E-state index contributed by atoms with van der Waals surface area (Å²) < 4.78 is 8.40. The van der Waals surface area contributed by atoms with Crippen LogP contribution < -0.4 is 9.64 Å². The second-order valence-corrected chi connectivity index (χ2v) is 8.18. The molecule has 0 spiro atoms. The Morgan fingerprint density at radius 1 is 1.03 bits per heavy atom. The van der Waals surface area contributed by atoms with Crippen molar-refractivity contribution in [3.63, 3.8) is 0 Å².